The van der Waals surface area contributed by atoms with Crippen molar-refractivity contribution in [2.75, 3.05) is 44.8 Å². The molecule has 0 unspecified atom stereocenters. The van der Waals surface area contributed by atoms with Gasteiger partial charge < -0.3 is 19.9 Å². The van der Waals surface area contributed by atoms with Crippen molar-refractivity contribution >= 4 is 17.2 Å². The minimum Gasteiger partial charge on any atom is -0.492 e. The first kappa shape index (κ1) is 25.8. The van der Waals surface area contributed by atoms with E-state index in [1.165, 1.54) is 0 Å². The topological polar surface area (TPSA) is 101 Å². The van der Waals surface area contributed by atoms with Crippen LogP contribution < -0.4 is 10.1 Å². The lowest BCUT2D eigenvalue weighted by atomic mass is 9.97. The molecule has 9 heteroatoms. The van der Waals surface area contributed by atoms with Crippen LogP contribution in [0.15, 0.2) is 60.7 Å². The molecule has 5 rings (SSSR count). The highest BCUT2D eigenvalue weighted by Crippen LogP contribution is 2.25. The van der Waals surface area contributed by atoms with Crippen molar-refractivity contribution in [2.45, 2.75) is 26.4 Å². The van der Waals surface area contributed by atoms with Crippen molar-refractivity contribution < 1.29 is 19.4 Å². The molecule has 1 aliphatic heterocycles. The summed E-state index contributed by atoms with van der Waals surface area (Å²) in [5.74, 6) is 1.54. The molecular formula is C29H33N5O4. The summed E-state index contributed by atoms with van der Waals surface area (Å²) < 4.78 is 13.1. The number of hydrogen-bond donors (Lipinski definition) is 2. The van der Waals surface area contributed by atoms with E-state index in [0.717, 1.165) is 60.9 Å². The molecule has 2 aromatic heterocycles. The van der Waals surface area contributed by atoms with Crippen molar-refractivity contribution in [3.05, 3.63) is 77.5 Å². The number of anilines is 1. The van der Waals surface area contributed by atoms with Gasteiger partial charge in [-0.3, -0.25) is 9.69 Å². The molecule has 4 aromatic rings. The molecule has 38 heavy (non-hydrogen) atoms. The maximum absolute atomic E-state index is 13.0. The van der Waals surface area contributed by atoms with Gasteiger partial charge in [-0.1, -0.05) is 12.1 Å². The number of benzene rings is 2. The summed E-state index contributed by atoms with van der Waals surface area (Å²) in [6, 6.07) is 18.4. The van der Waals surface area contributed by atoms with Gasteiger partial charge in [0.05, 0.1) is 30.0 Å². The quantitative estimate of drug-likeness (QED) is 0.367. The Kier molecular flexibility index (Phi) is 7.42. The summed E-state index contributed by atoms with van der Waals surface area (Å²) >= 11 is 0. The summed E-state index contributed by atoms with van der Waals surface area (Å²) in [6.45, 7) is 10.2. The van der Waals surface area contributed by atoms with Gasteiger partial charge in [0.15, 0.2) is 5.82 Å². The summed E-state index contributed by atoms with van der Waals surface area (Å²) in [7, 11) is 0. The third-order valence-corrected chi connectivity index (χ3v) is 6.56. The van der Waals surface area contributed by atoms with Crippen molar-refractivity contribution in [1.29, 1.82) is 0 Å². The van der Waals surface area contributed by atoms with E-state index in [-0.39, 0.29) is 5.91 Å². The number of carbonyl (C=O) groups is 1. The highest BCUT2D eigenvalue weighted by molar-refractivity contribution is 6.04. The summed E-state index contributed by atoms with van der Waals surface area (Å²) in [4.78, 5) is 20.0. The van der Waals surface area contributed by atoms with Gasteiger partial charge >= 0.3 is 0 Å². The van der Waals surface area contributed by atoms with E-state index in [1.807, 2.05) is 37.3 Å². The molecule has 1 amide bonds. The minimum absolute atomic E-state index is 0.282. The fourth-order valence-electron chi connectivity index (χ4n) is 4.41. The number of morpholine rings is 1. The second-order valence-corrected chi connectivity index (χ2v) is 10.0. The smallest absolute Gasteiger partial charge is 0.256 e. The van der Waals surface area contributed by atoms with Gasteiger partial charge in [0.25, 0.3) is 5.91 Å². The van der Waals surface area contributed by atoms with E-state index in [9.17, 15) is 9.90 Å². The Morgan fingerprint density at radius 3 is 2.47 bits per heavy atom. The van der Waals surface area contributed by atoms with E-state index in [0.29, 0.717) is 23.8 Å². The number of amides is 1. The van der Waals surface area contributed by atoms with Crippen LogP contribution >= 0.6 is 0 Å². The van der Waals surface area contributed by atoms with Crippen molar-refractivity contribution in [1.82, 2.24) is 19.5 Å². The van der Waals surface area contributed by atoms with Gasteiger partial charge in [-0.05, 0) is 68.8 Å². The Morgan fingerprint density at radius 2 is 1.79 bits per heavy atom. The van der Waals surface area contributed by atoms with E-state index >= 15 is 0 Å². The third kappa shape index (κ3) is 6.02. The second kappa shape index (κ2) is 10.9. The zero-order valence-corrected chi connectivity index (χ0v) is 22.0. The molecule has 0 saturated carbocycles. The van der Waals surface area contributed by atoms with Gasteiger partial charge in [0.2, 0.25) is 0 Å². The van der Waals surface area contributed by atoms with E-state index in [1.54, 1.807) is 48.7 Å². The molecule has 0 radical (unpaired) electrons. The lowest BCUT2D eigenvalue weighted by molar-refractivity contribution is 0.0322. The Hall–Kier alpha value is -3.79. The Labute approximate surface area is 222 Å². The summed E-state index contributed by atoms with van der Waals surface area (Å²) in [5, 5.41) is 17.7. The zero-order valence-electron chi connectivity index (χ0n) is 22.0. The maximum Gasteiger partial charge on any atom is 0.256 e. The van der Waals surface area contributed by atoms with Gasteiger partial charge in [-0.25, -0.2) is 9.50 Å². The number of aromatic nitrogens is 3. The normalized spacial score (nSPS) is 14.5. The van der Waals surface area contributed by atoms with Crippen LogP contribution in [0.25, 0.3) is 16.9 Å². The SMILES string of the molecule is Cc1cc2cc(NC(=O)c3ccc(C(C)(C)O)cc3)nc(-c3ccc(OCCN4CCOCC4)cc3)n2n1. The number of fused-ring (bicyclic) bond motifs is 1. The van der Waals surface area contributed by atoms with Crippen LogP contribution in [0.4, 0.5) is 5.82 Å². The maximum atomic E-state index is 13.0. The number of aliphatic hydroxyl groups is 1. The van der Waals surface area contributed by atoms with Crippen LogP contribution in [0.2, 0.25) is 0 Å². The number of nitrogens with one attached hydrogen (secondary N) is 1. The van der Waals surface area contributed by atoms with Crippen LogP contribution in [0, 0.1) is 6.92 Å². The molecule has 0 aliphatic carbocycles. The minimum atomic E-state index is -0.973. The van der Waals surface area contributed by atoms with E-state index < -0.39 is 5.60 Å². The summed E-state index contributed by atoms with van der Waals surface area (Å²) in [6.07, 6.45) is 0. The molecular weight excluding hydrogens is 482 g/mol. The lowest BCUT2D eigenvalue weighted by Gasteiger charge is -2.26. The molecule has 2 N–H and O–H groups in total. The van der Waals surface area contributed by atoms with Gasteiger partial charge in [0.1, 0.15) is 18.2 Å². The highest BCUT2D eigenvalue weighted by atomic mass is 16.5. The van der Waals surface area contributed by atoms with Crippen LogP contribution in [0.3, 0.4) is 0 Å². The predicted molar refractivity (Wildman–Crippen MR) is 146 cm³/mol. The average Bonchev–Trinajstić information content (AvgIpc) is 3.29. The first-order valence-corrected chi connectivity index (χ1v) is 12.8. The highest BCUT2D eigenvalue weighted by Gasteiger charge is 2.17. The van der Waals surface area contributed by atoms with Crippen LogP contribution in [-0.4, -0.2) is 70.0 Å². The monoisotopic (exact) mass is 515 g/mol. The second-order valence-electron chi connectivity index (χ2n) is 10.0. The number of ether oxygens (including phenoxy) is 2. The Balaban J connectivity index is 1.32. The molecule has 3 heterocycles. The van der Waals surface area contributed by atoms with Gasteiger partial charge in [0, 0.05) is 36.8 Å². The number of nitrogens with zero attached hydrogens (tertiary/aromatic N) is 4. The van der Waals surface area contributed by atoms with Crippen molar-refractivity contribution in [3.8, 4) is 17.1 Å². The summed E-state index contributed by atoms with van der Waals surface area (Å²) in [5.41, 5.74) is 2.76. The van der Waals surface area contributed by atoms with Crippen LogP contribution in [0.5, 0.6) is 5.75 Å². The molecule has 9 nitrogen and oxygen atoms in total. The fourth-order valence-corrected chi connectivity index (χ4v) is 4.41. The molecule has 198 valence electrons. The molecule has 1 saturated heterocycles. The first-order chi connectivity index (χ1) is 18.3. The number of hydrogen-bond acceptors (Lipinski definition) is 7. The lowest BCUT2D eigenvalue weighted by Crippen LogP contribution is -2.38. The molecule has 0 atom stereocenters. The van der Waals surface area contributed by atoms with Crippen molar-refractivity contribution in [2.24, 2.45) is 0 Å². The average molecular weight is 516 g/mol. The predicted octanol–water partition coefficient (Wildman–Crippen LogP) is 3.90. The van der Waals surface area contributed by atoms with E-state index in [2.05, 4.69) is 15.3 Å². The molecule has 0 spiro atoms. The number of carbonyl (C=O) groups excluding carboxylic acids is 1. The van der Waals surface area contributed by atoms with Crippen molar-refractivity contribution in [3.63, 3.8) is 0 Å². The van der Waals surface area contributed by atoms with Gasteiger partial charge in [-0.15, -0.1) is 0 Å². The standard InChI is InChI=1S/C29H33N5O4/c1-20-18-24-19-26(31-28(35)22-4-8-23(9-5-22)29(2,3)36)30-27(34(24)32-20)21-6-10-25(11-7-21)38-17-14-33-12-15-37-16-13-33/h4-11,18-19,36H,12-17H2,1-3H3,(H,31,35). The molecule has 2 aromatic carbocycles. The van der Waals surface area contributed by atoms with E-state index in [4.69, 9.17) is 14.5 Å². The Bertz CT molecular complexity index is 1400. The van der Waals surface area contributed by atoms with Gasteiger partial charge in [-0.2, -0.15) is 5.10 Å². The zero-order chi connectivity index (χ0) is 26.7. The van der Waals surface area contributed by atoms with Crippen LogP contribution in [0.1, 0.15) is 35.5 Å². The molecule has 1 fully saturated rings. The molecule has 1 aliphatic rings. The van der Waals surface area contributed by atoms with Crippen LogP contribution in [-0.2, 0) is 10.3 Å². The molecule has 0 bridgehead atoms. The first-order valence-electron chi connectivity index (χ1n) is 12.8. The third-order valence-electron chi connectivity index (χ3n) is 6.56. The fraction of sp³-hybridized carbons (Fsp3) is 0.345. The number of aryl methyl sites for hydroxylation is 1. The Morgan fingerprint density at radius 1 is 1.08 bits per heavy atom. The largest absolute Gasteiger partial charge is 0.492 e. The number of rotatable bonds is 8.